The summed E-state index contributed by atoms with van der Waals surface area (Å²) >= 11 is 0. The van der Waals surface area contributed by atoms with E-state index in [4.69, 9.17) is 5.73 Å². The average molecular weight is 352 g/mol. The zero-order valence-corrected chi connectivity index (χ0v) is 15.1. The maximum absolute atomic E-state index is 13.1. The second kappa shape index (κ2) is 8.15. The first-order valence-corrected chi connectivity index (χ1v) is 9.11. The molecule has 26 heavy (non-hydrogen) atoms. The Hall–Kier alpha value is -2.66. The van der Waals surface area contributed by atoms with Gasteiger partial charge in [-0.25, -0.2) is 0 Å². The molecule has 2 amide bonds. The first-order chi connectivity index (χ1) is 12.5. The van der Waals surface area contributed by atoms with Crippen LogP contribution in [0.2, 0.25) is 0 Å². The number of rotatable bonds is 5. The molecule has 3 rings (SSSR count). The Morgan fingerprint density at radius 1 is 1.12 bits per heavy atom. The number of likely N-dealkylation sites (tertiary alicyclic amines) is 1. The summed E-state index contributed by atoms with van der Waals surface area (Å²) in [5, 5.41) is 3.03. The number of hydrogen-bond donors (Lipinski definition) is 3. The number of nitrogens with two attached hydrogens (primary N) is 1. The Bertz CT molecular complexity index is 759. The number of hydrogen-bond acceptors (Lipinski definition) is 2. The van der Waals surface area contributed by atoms with E-state index in [0.29, 0.717) is 6.54 Å². The van der Waals surface area contributed by atoms with Crippen molar-refractivity contribution in [2.45, 2.75) is 25.8 Å². The van der Waals surface area contributed by atoms with Gasteiger partial charge >= 0.3 is 0 Å². The summed E-state index contributed by atoms with van der Waals surface area (Å²) in [5.41, 5.74) is 8.41. The van der Waals surface area contributed by atoms with Crippen molar-refractivity contribution in [3.8, 4) is 0 Å². The third-order valence-electron chi connectivity index (χ3n) is 5.08. The average Bonchev–Trinajstić information content (AvgIpc) is 2.65. The molecule has 1 saturated heterocycles. The van der Waals surface area contributed by atoms with Gasteiger partial charge in [-0.3, -0.25) is 9.59 Å². The minimum absolute atomic E-state index is 0.0554. The molecule has 4 N–H and O–H groups in total. The smallest absolute Gasteiger partial charge is 0.287 e. The molecule has 136 valence electrons. The predicted molar refractivity (Wildman–Crippen MR) is 102 cm³/mol. The van der Waals surface area contributed by atoms with Crippen LogP contribution in [-0.2, 0) is 9.59 Å². The molecule has 1 heterocycles. The van der Waals surface area contributed by atoms with Crippen LogP contribution in [0, 0.1) is 12.8 Å². The van der Waals surface area contributed by atoms with Crippen LogP contribution in [0.3, 0.4) is 0 Å². The molecule has 0 saturated carbocycles. The van der Waals surface area contributed by atoms with E-state index in [-0.39, 0.29) is 23.8 Å². The SMILES string of the molecule is Cc1ccc(NC(=O)[C@H](c2ccccc2)[NH+]2CCC[C@H](C(N)=O)C2)cc1. The molecule has 1 unspecified atom stereocenters. The Kier molecular flexibility index (Phi) is 5.68. The molecule has 0 spiro atoms. The molecule has 2 aromatic rings. The lowest BCUT2D eigenvalue weighted by atomic mass is 9.94. The number of nitrogens with one attached hydrogen (secondary N) is 2. The molecule has 1 aliphatic heterocycles. The van der Waals surface area contributed by atoms with Gasteiger partial charge in [-0.2, -0.15) is 0 Å². The molecule has 1 aliphatic rings. The molecular weight excluding hydrogens is 326 g/mol. The zero-order chi connectivity index (χ0) is 18.5. The molecular formula is C21H26N3O2+. The third-order valence-corrected chi connectivity index (χ3v) is 5.08. The lowest BCUT2D eigenvalue weighted by molar-refractivity contribution is -0.928. The summed E-state index contributed by atoms with van der Waals surface area (Å²) in [5.74, 6) is -0.495. The van der Waals surface area contributed by atoms with Crippen LogP contribution in [0.5, 0.6) is 0 Å². The highest BCUT2D eigenvalue weighted by atomic mass is 16.2. The summed E-state index contributed by atoms with van der Waals surface area (Å²) in [6.45, 7) is 3.46. The van der Waals surface area contributed by atoms with Crippen LogP contribution in [0.1, 0.15) is 30.0 Å². The molecule has 5 heteroatoms. The number of benzene rings is 2. The summed E-state index contributed by atoms with van der Waals surface area (Å²) in [6.07, 6.45) is 1.70. The van der Waals surface area contributed by atoms with Crippen molar-refractivity contribution < 1.29 is 14.5 Å². The van der Waals surface area contributed by atoms with Crippen LogP contribution in [-0.4, -0.2) is 24.9 Å². The third kappa shape index (κ3) is 4.29. The lowest BCUT2D eigenvalue weighted by Crippen LogP contribution is -3.15. The first-order valence-electron chi connectivity index (χ1n) is 9.11. The fraction of sp³-hybridized carbons (Fsp3) is 0.333. The highest BCUT2D eigenvalue weighted by molar-refractivity contribution is 5.94. The van der Waals surface area contributed by atoms with Gasteiger partial charge in [-0.05, 0) is 31.9 Å². The topological polar surface area (TPSA) is 76.6 Å². The summed E-state index contributed by atoms with van der Waals surface area (Å²) in [6, 6.07) is 17.2. The maximum atomic E-state index is 13.1. The maximum Gasteiger partial charge on any atom is 0.287 e. The minimum atomic E-state index is -0.361. The van der Waals surface area contributed by atoms with Gasteiger partial charge in [0.2, 0.25) is 5.91 Å². The van der Waals surface area contributed by atoms with E-state index in [1.165, 1.54) is 0 Å². The fourth-order valence-corrected chi connectivity index (χ4v) is 3.67. The lowest BCUT2D eigenvalue weighted by Gasteiger charge is -2.33. The van der Waals surface area contributed by atoms with Gasteiger partial charge in [0.25, 0.3) is 5.91 Å². The highest BCUT2D eigenvalue weighted by Gasteiger charge is 2.37. The number of primary amides is 1. The number of amides is 2. The normalized spacial score (nSPS) is 21.0. The largest absolute Gasteiger partial charge is 0.369 e. The first kappa shape index (κ1) is 18.1. The number of anilines is 1. The molecule has 3 atom stereocenters. The number of quaternary nitrogens is 1. The van der Waals surface area contributed by atoms with Crippen molar-refractivity contribution in [3.05, 3.63) is 65.7 Å². The standard InChI is InChI=1S/C21H25N3O2/c1-15-9-11-18(12-10-15)23-21(26)19(16-6-3-2-4-7-16)24-13-5-8-17(14-24)20(22)25/h2-4,6-7,9-12,17,19H,5,8,13-14H2,1H3,(H2,22,25)(H,23,26)/p+1/t17-,19-/m0/s1. The van der Waals surface area contributed by atoms with Gasteiger partial charge in [-0.15, -0.1) is 0 Å². The Balaban J connectivity index is 1.84. The van der Waals surface area contributed by atoms with E-state index in [1.807, 2.05) is 61.5 Å². The van der Waals surface area contributed by atoms with Gasteiger partial charge < -0.3 is 16.0 Å². The van der Waals surface area contributed by atoms with Gasteiger partial charge in [0.05, 0.1) is 19.0 Å². The molecule has 0 aromatic heterocycles. The Morgan fingerprint density at radius 3 is 2.46 bits per heavy atom. The monoisotopic (exact) mass is 352 g/mol. The summed E-state index contributed by atoms with van der Waals surface area (Å²) < 4.78 is 0. The van der Waals surface area contributed by atoms with E-state index in [9.17, 15) is 9.59 Å². The second-order valence-corrected chi connectivity index (χ2v) is 7.05. The van der Waals surface area contributed by atoms with Crippen molar-refractivity contribution in [2.75, 3.05) is 18.4 Å². The Morgan fingerprint density at radius 2 is 1.81 bits per heavy atom. The zero-order valence-electron chi connectivity index (χ0n) is 15.1. The number of piperidine rings is 1. The van der Waals surface area contributed by atoms with E-state index in [1.54, 1.807) is 0 Å². The van der Waals surface area contributed by atoms with E-state index in [2.05, 4.69) is 5.32 Å². The quantitative estimate of drug-likeness (QED) is 0.762. The van der Waals surface area contributed by atoms with Gasteiger partial charge in [0.1, 0.15) is 0 Å². The molecule has 5 nitrogen and oxygen atoms in total. The highest BCUT2D eigenvalue weighted by Crippen LogP contribution is 2.17. The van der Waals surface area contributed by atoms with E-state index in [0.717, 1.165) is 41.1 Å². The predicted octanol–water partition coefficient (Wildman–Crippen LogP) is 1.46. The number of carbonyl (C=O) groups is 2. The number of aryl methyl sites for hydroxylation is 1. The van der Waals surface area contributed by atoms with Crippen LogP contribution < -0.4 is 16.0 Å². The van der Waals surface area contributed by atoms with Crippen molar-refractivity contribution in [2.24, 2.45) is 11.7 Å². The molecule has 0 bridgehead atoms. The fourth-order valence-electron chi connectivity index (χ4n) is 3.67. The van der Waals surface area contributed by atoms with Crippen LogP contribution in [0.4, 0.5) is 5.69 Å². The van der Waals surface area contributed by atoms with Crippen LogP contribution >= 0.6 is 0 Å². The molecule has 0 aliphatic carbocycles. The number of carbonyl (C=O) groups excluding carboxylic acids is 2. The minimum Gasteiger partial charge on any atom is -0.369 e. The molecule has 2 aromatic carbocycles. The van der Waals surface area contributed by atoms with E-state index >= 15 is 0 Å². The van der Waals surface area contributed by atoms with Crippen LogP contribution in [0.15, 0.2) is 54.6 Å². The summed E-state index contributed by atoms with van der Waals surface area (Å²) in [4.78, 5) is 25.9. The van der Waals surface area contributed by atoms with Crippen molar-refractivity contribution in [3.63, 3.8) is 0 Å². The van der Waals surface area contributed by atoms with Gasteiger partial charge in [0.15, 0.2) is 6.04 Å². The van der Waals surface area contributed by atoms with Crippen molar-refractivity contribution in [1.29, 1.82) is 0 Å². The van der Waals surface area contributed by atoms with Crippen molar-refractivity contribution >= 4 is 17.5 Å². The Labute approximate surface area is 154 Å². The van der Waals surface area contributed by atoms with Crippen LogP contribution in [0.25, 0.3) is 0 Å². The second-order valence-electron chi connectivity index (χ2n) is 7.05. The van der Waals surface area contributed by atoms with E-state index < -0.39 is 0 Å². The van der Waals surface area contributed by atoms with Gasteiger partial charge in [0, 0.05) is 11.3 Å². The molecule has 0 radical (unpaired) electrons. The molecule has 1 fully saturated rings. The summed E-state index contributed by atoms with van der Waals surface area (Å²) in [7, 11) is 0. The van der Waals surface area contributed by atoms with Crippen molar-refractivity contribution in [1.82, 2.24) is 0 Å². The van der Waals surface area contributed by atoms with Gasteiger partial charge in [-0.1, -0.05) is 48.0 Å².